The molecule has 0 bridgehead atoms. The Morgan fingerprint density at radius 2 is 2.23 bits per heavy atom. The number of ether oxygens (including phenoxy) is 1. The molecule has 2 aliphatic heterocycles. The van der Waals surface area contributed by atoms with Crippen molar-refractivity contribution >= 4 is 41.1 Å². The van der Waals surface area contributed by atoms with Gasteiger partial charge in [-0.3, -0.25) is 14.4 Å². The van der Waals surface area contributed by atoms with Crippen LogP contribution in [0, 0.1) is 0 Å². The summed E-state index contributed by atoms with van der Waals surface area (Å²) in [5.41, 5.74) is 3.09. The number of anilines is 1. The lowest BCUT2D eigenvalue weighted by molar-refractivity contribution is -0.146. The van der Waals surface area contributed by atoms with Crippen LogP contribution in [-0.4, -0.2) is 60.0 Å². The van der Waals surface area contributed by atoms with E-state index in [2.05, 4.69) is 5.32 Å². The van der Waals surface area contributed by atoms with E-state index in [-0.39, 0.29) is 13.0 Å². The second-order valence-electron chi connectivity index (χ2n) is 8.26. The Morgan fingerprint density at radius 1 is 1.52 bits per heavy atom. The van der Waals surface area contributed by atoms with Crippen LogP contribution in [0.4, 0.5) is 14.9 Å². The van der Waals surface area contributed by atoms with Crippen molar-refractivity contribution in [2.75, 3.05) is 18.8 Å². The molecule has 4 amide bonds. The van der Waals surface area contributed by atoms with E-state index in [0.717, 1.165) is 18.7 Å². The number of hydrogen-bond donors (Lipinski definition) is 3. The van der Waals surface area contributed by atoms with Crippen LogP contribution >= 0.6 is 11.6 Å². The van der Waals surface area contributed by atoms with Gasteiger partial charge < -0.3 is 26.0 Å². The second-order valence-corrected chi connectivity index (χ2v) is 8.69. The maximum absolute atomic E-state index is 14.5. The number of alkyl halides is 1. The fraction of sp³-hybridized carbons (Fsp3) is 0.500. The van der Waals surface area contributed by atoms with E-state index < -0.39 is 60.4 Å². The Kier molecular flexibility index (Phi) is 4.86. The molecule has 9 nitrogen and oxygen atoms in total. The molecule has 0 radical (unpaired) electrons. The molecule has 3 rings (SSSR count). The monoisotopic (exact) mass is 457 g/mol. The Morgan fingerprint density at radius 3 is 2.84 bits per heavy atom. The van der Waals surface area contributed by atoms with Crippen molar-refractivity contribution in [3.63, 3.8) is 0 Å². The Hall–Kier alpha value is -2.88. The van der Waals surface area contributed by atoms with Crippen LogP contribution in [0.1, 0.15) is 36.4 Å². The fourth-order valence-corrected chi connectivity index (χ4v) is 4.27. The molecule has 1 saturated heterocycles. The highest BCUT2D eigenvalue weighted by Gasteiger charge is 2.58. The minimum absolute atomic E-state index is 0.166. The quantitative estimate of drug-likeness (QED) is 0.616. The predicted octanol–water partition coefficient (Wildman–Crippen LogP) is 1.48. The molecule has 31 heavy (non-hydrogen) atoms. The molecule has 1 aromatic carbocycles. The number of nitrogens with zero attached hydrogens (tertiary/aromatic N) is 1. The minimum Gasteiger partial charge on any atom is -0.436 e. The van der Waals surface area contributed by atoms with Crippen LogP contribution in [0.5, 0.6) is 0 Å². The predicted molar refractivity (Wildman–Crippen MR) is 110 cm³/mol. The Labute approximate surface area is 187 Å². The largest absolute Gasteiger partial charge is 0.436 e. The third-order valence-electron chi connectivity index (χ3n) is 5.45. The van der Waals surface area contributed by atoms with Crippen molar-refractivity contribution in [3.8, 4) is 0 Å². The van der Waals surface area contributed by atoms with Crippen LogP contribution in [-0.2, 0) is 24.5 Å². The summed E-state index contributed by atoms with van der Waals surface area (Å²) >= 11 is 6.10. The van der Waals surface area contributed by atoms with Crippen molar-refractivity contribution in [1.82, 2.24) is 10.2 Å². The number of halogens is 2. The van der Waals surface area contributed by atoms with Gasteiger partial charge in [0.15, 0.2) is 6.10 Å². The summed E-state index contributed by atoms with van der Waals surface area (Å²) in [5.74, 6) is -2.39. The van der Waals surface area contributed by atoms with E-state index in [0.29, 0.717) is 16.3 Å². The van der Waals surface area contributed by atoms with Crippen LogP contribution < -0.4 is 16.4 Å². The Balaban J connectivity index is 1.96. The van der Waals surface area contributed by atoms with Gasteiger partial charge in [-0.2, -0.15) is 0 Å². The number of benzene rings is 1. The molecule has 0 aromatic heterocycles. The molecule has 4 N–H and O–H groups in total. The number of hydrogen-bond acceptors (Lipinski definition) is 5. The molecule has 2 heterocycles. The number of likely N-dealkylation sites (tertiary alicyclic amines) is 1. The zero-order valence-corrected chi connectivity index (χ0v) is 17.6. The first kappa shape index (κ1) is 18.9. The molecule has 11 heteroatoms. The maximum atomic E-state index is 14.5. The molecule has 0 aliphatic carbocycles. The molecule has 0 unspecified atom stereocenters. The third kappa shape index (κ3) is 4.30. The van der Waals surface area contributed by atoms with E-state index in [4.69, 9.17) is 26.2 Å². The van der Waals surface area contributed by atoms with Crippen LogP contribution in [0.2, 0.25) is 5.02 Å². The Bertz CT molecular complexity index is 1050. The topological polar surface area (TPSA) is 131 Å². The lowest BCUT2D eigenvalue weighted by Crippen LogP contribution is -2.50. The first-order valence-electron chi connectivity index (χ1n) is 10.9. The van der Waals surface area contributed by atoms with Crippen LogP contribution in [0.15, 0.2) is 18.2 Å². The smallest absolute Gasteiger partial charge is 0.407 e. The van der Waals surface area contributed by atoms with E-state index in [1.165, 1.54) is 0 Å². The molecule has 1 fully saturated rings. The molecule has 1 aromatic rings. The van der Waals surface area contributed by atoms with Gasteiger partial charge in [0.05, 0.1) is 5.41 Å². The summed E-state index contributed by atoms with van der Waals surface area (Å²) in [6.07, 6.45) is -4.06. The number of carbonyl (C=O) groups is 4. The van der Waals surface area contributed by atoms with Gasteiger partial charge in [-0.1, -0.05) is 11.6 Å². The average Bonchev–Trinajstić information content (AvgIpc) is 3.18. The van der Waals surface area contributed by atoms with E-state index in [1.54, 1.807) is 23.5 Å². The first-order valence-corrected chi connectivity index (χ1v) is 9.79. The summed E-state index contributed by atoms with van der Waals surface area (Å²) in [4.78, 5) is 51.7. The number of nitrogens with two attached hydrogens (primary N) is 1. The molecule has 1 spiro atoms. The average molecular weight is 458 g/mol. The number of amides is 4. The summed E-state index contributed by atoms with van der Waals surface area (Å²) in [5, 5.41) is 4.59. The van der Waals surface area contributed by atoms with Gasteiger partial charge in [-0.25, -0.2) is 9.18 Å². The second kappa shape index (κ2) is 7.99. The van der Waals surface area contributed by atoms with Gasteiger partial charge in [0, 0.05) is 34.8 Å². The maximum Gasteiger partial charge on any atom is 0.407 e. The van der Waals surface area contributed by atoms with Gasteiger partial charge in [-0.15, -0.1) is 0 Å². The van der Waals surface area contributed by atoms with Gasteiger partial charge >= 0.3 is 6.09 Å². The van der Waals surface area contributed by atoms with Crippen LogP contribution in [0.3, 0.4) is 0 Å². The SMILES string of the molecule is [2H]C([2H])([2H])NC(=O)O[C@@H](CC(C)(C)F)C(=O)N1C[C@]2(C[C@H]1C(N)=O)C(=O)Nc1ccc(Cl)cc12. The van der Waals surface area contributed by atoms with E-state index in [1.807, 2.05) is 0 Å². The number of rotatable bonds is 5. The third-order valence-corrected chi connectivity index (χ3v) is 5.68. The highest BCUT2D eigenvalue weighted by atomic mass is 35.5. The summed E-state index contributed by atoms with van der Waals surface area (Å²) in [7, 11) is 0. The summed E-state index contributed by atoms with van der Waals surface area (Å²) in [6, 6.07) is 3.43. The van der Waals surface area contributed by atoms with Gasteiger partial charge in [-0.05, 0) is 44.0 Å². The molecule has 3 atom stereocenters. The zero-order chi connectivity index (χ0) is 25.6. The minimum atomic E-state index is -2.91. The normalized spacial score (nSPS) is 25.2. The number of fused-ring (bicyclic) bond motifs is 2. The summed E-state index contributed by atoms with van der Waals surface area (Å²) < 4.78 is 40.7. The highest BCUT2D eigenvalue weighted by molar-refractivity contribution is 6.31. The van der Waals surface area contributed by atoms with Gasteiger partial charge in [0.25, 0.3) is 5.91 Å². The number of nitrogens with one attached hydrogen (secondary N) is 2. The zero-order valence-electron chi connectivity index (χ0n) is 19.8. The molecular formula is C20H24ClFN4O5. The van der Waals surface area contributed by atoms with Crippen molar-refractivity contribution in [1.29, 1.82) is 0 Å². The van der Waals surface area contributed by atoms with E-state index in [9.17, 15) is 23.6 Å². The van der Waals surface area contributed by atoms with Crippen LogP contribution in [0.25, 0.3) is 0 Å². The molecule has 2 aliphatic rings. The van der Waals surface area contributed by atoms with Gasteiger partial charge in [0.1, 0.15) is 11.7 Å². The molecule has 168 valence electrons. The highest BCUT2D eigenvalue weighted by Crippen LogP contribution is 2.47. The molecular weight excluding hydrogens is 431 g/mol. The summed E-state index contributed by atoms with van der Waals surface area (Å²) in [6.45, 7) is -0.948. The van der Waals surface area contributed by atoms with Crippen molar-refractivity contribution in [3.05, 3.63) is 28.8 Å². The number of primary amides is 1. The van der Waals surface area contributed by atoms with E-state index >= 15 is 0 Å². The first-order chi connectivity index (χ1) is 15.5. The number of carbonyl (C=O) groups excluding carboxylic acids is 4. The van der Waals surface area contributed by atoms with Crippen molar-refractivity contribution in [2.45, 2.75) is 49.9 Å². The lowest BCUT2D eigenvalue weighted by atomic mass is 9.79. The van der Waals surface area contributed by atoms with Crippen molar-refractivity contribution < 1.29 is 32.4 Å². The van der Waals surface area contributed by atoms with Gasteiger partial charge in [0.2, 0.25) is 11.8 Å². The standard InChI is InChI=1S/C20H24ClFN4O5/c1-19(2,22)8-14(31-18(30)24-3)16(28)26-9-20(7-13(26)15(23)27)11-6-10(21)4-5-12(11)25-17(20)29/h4-6,13-14H,7-9H2,1-3H3,(H2,23,27)(H,24,30)(H,25,29)/t13-,14-,20-/m0/s1/i3D3. The lowest BCUT2D eigenvalue weighted by Gasteiger charge is -2.29. The van der Waals surface area contributed by atoms with Crippen molar-refractivity contribution in [2.24, 2.45) is 5.73 Å². The number of alkyl carbamates (subject to hydrolysis) is 1. The fourth-order valence-electron chi connectivity index (χ4n) is 4.10. The molecule has 0 saturated carbocycles.